The molecular weight excluding hydrogens is 404 g/mol. The fourth-order valence-corrected chi connectivity index (χ4v) is 4.97. The lowest BCUT2D eigenvalue weighted by atomic mass is 9.97. The molecule has 1 unspecified atom stereocenters. The number of hydrogen-bond donors (Lipinski definition) is 1. The SMILES string of the molecule is Cc1cc(C)c(C)c(OCC(=O)NCC(c2ccsc2)N2CCc3ccccc3C2)c1. The Balaban J connectivity index is 1.39. The second kappa shape index (κ2) is 9.67. The lowest BCUT2D eigenvalue weighted by Crippen LogP contribution is -2.41. The number of carbonyl (C=O) groups excluding carboxylic acids is 1. The number of fused-ring (bicyclic) bond motifs is 1. The van der Waals surface area contributed by atoms with E-state index in [0.29, 0.717) is 6.54 Å². The zero-order chi connectivity index (χ0) is 21.8. The summed E-state index contributed by atoms with van der Waals surface area (Å²) in [7, 11) is 0. The van der Waals surface area contributed by atoms with Gasteiger partial charge in [0.05, 0.1) is 6.04 Å². The fourth-order valence-electron chi connectivity index (χ4n) is 4.26. The van der Waals surface area contributed by atoms with Gasteiger partial charge in [-0.3, -0.25) is 9.69 Å². The molecule has 0 saturated heterocycles. The van der Waals surface area contributed by atoms with E-state index in [2.05, 4.69) is 64.3 Å². The van der Waals surface area contributed by atoms with E-state index in [-0.39, 0.29) is 18.6 Å². The minimum atomic E-state index is -0.0869. The normalized spacial score (nSPS) is 14.7. The van der Waals surface area contributed by atoms with Crippen molar-refractivity contribution in [2.45, 2.75) is 39.8 Å². The molecule has 162 valence electrons. The lowest BCUT2D eigenvalue weighted by molar-refractivity contribution is -0.123. The Morgan fingerprint density at radius 3 is 2.74 bits per heavy atom. The number of aryl methyl sites for hydroxylation is 2. The molecule has 2 heterocycles. The summed E-state index contributed by atoms with van der Waals surface area (Å²) in [6.07, 6.45) is 1.04. The number of hydrogen-bond acceptors (Lipinski definition) is 4. The number of nitrogens with one attached hydrogen (secondary N) is 1. The first-order valence-electron chi connectivity index (χ1n) is 10.8. The van der Waals surface area contributed by atoms with E-state index in [0.717, 1.165) is 36.4 Å². The van der Waals surface area contributed by atoms with E-state index in [4.69, 9.17) is 4.74 Å². The Labute approximate surface area is 188 Å². The molecule has 0 radical (unpaired) electrons. The molecule has 1 amide bonds. The van der Waals surface area contributed by atoms with Gasteiger partial charge in [-0.25, -0.2) is 0 Å². The molecule has 1 aliphatic rings. The second-order valence-electron chi connectivity index (χ2n) is 8.36. The zero-order valence-corrected chi connectivity index (χ0v) is 19.3. The molecule has 4 nitrogen and oxygen atoms in total. The Morgan fingerprint density at radius 1 is 1.16 bits per heavy atom. The van der Waals surface area contributed by atoms with E-state index in [9.17, 15) is 4.79 Å². The van der Waals surface area contributed by atoms with Gasteiger partial charge in [0.15, 0.2) is 6.61 Å². The van der Waals surface area contributed by atoms with Crippen molar-refractivity contribution in [3.8, 4) is 5.75 Å². The molecule has 2 aromatic carbocycles. The van der Waals surface area contributed by atoms with Gasteiger partial charge in [0.1, 0.15) is 5.75 Å². The van der Waals surface area contributed by atoms with Crippen LogP contribution in [0.15, 0.2) is 53.2 Å². The van der Waals surface area contributed by atoms with Crippen LogP contribution in [-0.2, 0) is 17.8 Å². The molecule has 5 heteroatoms. The van der Waals surface area contributed by atoms with Gasteiger partial charge in [-0.2, -0.15) is 11.3 Å². The molecule has 1 N–H and O–H groups in total. The summed E-state index contributed by atoms with van der Waals surface area (Å²) in [4.78, 5) is 15.1. The van der Waals surface area contributed by atoms with E-state index in [1.165, 1.54) is 22.3 Å². The molecule has 0 spiro atoms. The third-order valence-electron chi connectivity index (χ3n) is 6.14. The minimum Gasteiger partial charge on any atom is -0.483 e. The smallest absolute Gasteiger partial charge is 0.258 e. The third-order valence-corrected chi connectivity index (χ3v) is 6.85. The molecule has 4 rings (SSSR count). The summed E-state index contributed by atoms with van der Waals surface area (Å²) in [6.45, 7) is 8.65. The van der Waals surface area contributed by atoms with Crippen LogP contribution in [0, 0.1) is 20.8 Å². The van der Waals surface area contributed by atoms with Gasteiger partial charge in [0, 0.05) is 19.6 Å². The number of carbonyl (C=O) groups is 1. The van der Waals surface area contributed by atoms with Crippen LogP contribution in [0.2, 0.25) is 0 Å². The molecule has 1 aliphatic heterocycles. The Hall–Kier alpha value is -2.63. The van der Waals surface area contributed by atoms with Crippen LogP contribution in [0.4, 0.5) is 0 Å². The van der Waals surface area contributed by atoms with Gasteiger partial charge in [-0.05, 0) is 83.5 Å². The molecule has 1 atom stereocenters. The van der Waals surface area contributed by atoms with Crippen molar-refractivity contribution >= 4 is 17.2 Å². The number of thiophene rings is 1. The van der Waals surface area contributed by atoms with Gasteiger partial charge in [0.2, 0.25) is 0 Å². The zero-order valence-electron chi connectivity index (χ0n) is 18.5. The maximum Gasteiger partial charge on any atom is 0.258 e. The number of ether oxygens (including phenoxy) is 1. The average Bonchev–Trinajstić information content (AvgIpc) is 3.30. The molecule has 0 bridgehead atoms. The van der Waals surface area contributed by atoms with Crippen molar-refractivity contribution in [2.24, 2.45) is 0 Å². The largest absolute Gasteiger partial charge is 0.483 e. The standard InChI is InChI=1S/C26H30N2O2S/c1-18-12-19(2)20(3)25(13-18)30-16-26(29)27-14-24(23-9-11-31-17-23)28-10-8-21-6-4-5-7-22(21)15-28/h4-7,9,11-13,17,24H,8,10,14-16H2,1-3H3,(H,27,29). The van der Waals surface area contributed by atoms with Crippen molar-refractivity contribution in [3.63, 3.8) is 0 Å². The lowest BCUT2D eigenvalue weighted by Gasteiger charge is -2.35. The van der Waals surface area contributed by atoms with Crippen molar-refractivity contribution < 1.29 is 9.53 Å². The quantitative estimate of drug-likeness (QED) is 0.571. The minimum absolute atomic E-state index is 0.0307. The van der Waals surface area contributed by atoms with E-state index < -0.39 is 0 Å². The summed E-state index contributed by atoms with van der Waals surface area (Å²) in [6, 6.07) is 15.1. The number of benzene rings is 2. The van der Waals surface area contributed by atoms with Gasteiger partial charge < -0.3 is 10.1 Å². The van der Waals surface area contributed by atoms with Crippen LogP contribution in [0.5, 0.6) is 5.75 Å². The van der Waals surface area contributed by atoms with Gasteiger partial charge in [-0.15, -0.1) is 0 Å². The van der Waals surface area contributed by atoms with Gasteiger partial charge in [0.25, 0.3) is 5.91 Å². The summed E-state index contributed by atoms with van der Waals surface area (Å²) in [5, 5.41) is 7.40. The highest BCUT2D eigenvalue weighted by atomic mass is 32.1. The summed E-state index contributed by atoms with van der Waals surface area (Å²) < 4.78 is 5.85. The van der Waals surface area contributed by atoms with E-state index in [1.54, 1.807) is 11.3 Å². The molecule has 0 fully saturated rings. The molecule has 1 aromatic heterocycles. The van der Waals surface area contributed by atoms with E-state index in [1.807, 2.05) is 19.9 Å². The van der Waals surface area contributed by atoms with Crippen LogP contribution in [-0.4, -0.2) is 30.5 Å². The maximum absolute atomic E-state index is 12.6. The highest BCUT2D eigenvalue weighted by Gasteiger charge is 2.25. The highest BCUT2D eigenvalue weighted by molar-refractivity contribution is 7.08. The highest BCUT2D eigenvalue weighted by Crippen LogP contribution is 2.29. The van der Waals surface area contributed by atoms with Crippen LogP contribution in [0.1, 0.15) is 39.4 Å². The van der Waals surface area contributed by atoms with Crippen molar-refractivity contribution in [1.29, 1.82) is 0 Å². The first kappa shape index (κ1) is 21.6. The summed E-state index contributed by atoms with van der Waals surface area (Å²) in [5.74, 6) is 0.700. The first-order chi connectivity index (χ1) is 15.0. The molecule has 3 aromatic rings. The first-order valence-corrected chi connectivity index (χ1v) is 11.8. The van der Waals surface area contributed by atoms with E-state index >= 15 is 0 Å². The fraction of sp³-hybridized carbons (Fsp3) is 0.346. The Bertz CT molecular complexity index is 1050. The van der Waals surface area contributed by atoms with Crippen molar-refractivity contribution in [1.82, 2.24) is 10.2 Å². The Morgan fingerprint density at radius 2 is 1.97 bits per heavy atom. The number of rotatable bonds is 7. The topological polar surface area (TPSA) is 41.6 Å². The monoisotopic (exact) mass is 434 g/mol. The van der Waals surface area contributed by atoms with Crippen molar-refractivity contribution in [2.75, 3.05) is 19.7 Å². The van der Waals surface area contributed by atoms with Gasteiger partial charge >= 0.3 is 0 Å². The van der Waals surface area contributed by atoms with Crippen LogP contribution >= 0.6 is 11.3 Å². The van der Waals surface area contributed by atoms with Gasteiger partial charge in [-0.1, -0.05) is 30.3 Å². The summed E-state index contributed by atoms with van der Waals surface area (Å²) >= 11 is 1.70. The predicted molar refractivity (Wildman–Crippen MR) is 127 cm³/mol. The maximum atomic E-state index is 12.6. The summed E-state index contributed by atoms with van der Waals surface area (Å²) in [5.41, 5.74) is 7.48. The average molecular weight is 435 g/mol. The molecule has 31 heavy (non-hydrogen) atoms. The van der Waals surface area contributed by atoms with Crippen molar-refractivity contribution in [3.05, 3.63) is 86.6 Å². The number of amides is 1. The van der Waals surface area contributed by atoms with Crippen LogP contribution in [0.25, 0.3) is 0 Å². The molecule has 0 aliphatic carbocycles. The molecule has 0 saturated carbocycles. The third kappa shape index (κ3) is 5.17. The predicted octanol–water partition coefficient (Wildman–Crippen LogP) is 4.97. The molecular formula is C26H30N2O2S. The van der Waals surface area contributed by atoms with Crippen LogP contribution in [0.3, 0.4) is 0 Å². The Kier molecular flexibility index (Phi) is 6.73. The second-order valence-corrected chi connectivity index (χ2v) is 9.14. The number of nitrogens with zero attached hydrogens (tertiary/aromatic N) is 1. The van der Waals surface area contributed by atoms with Crippen LogP contribution < -0.4 is 10.1 Å².